The van der Waals surface area contributed by atoms with Gasteiger partial charge in [0.25, 0.3) is 0 Å². The van der Waals surface area contributed by atoms with Crippen LogP contribution in [0, 0.1) is 0 Å². The number of hydroxylamine groups is 1. The Hall–Kier alpha value is -0.650. The van der Waals surface area contributed by atoms with Gasteiger partial charge in [0, 0.05) is 6.54 Å². The minimum atomic E-state index is -0.876. The Morgan fingerprint density at radius 3 is 3.00 bits per heavy atom. The Balaban J connectivity index is 2.14. The van der Waals surface area contributed by atoms with E-state index in [1.54, 1.807) is 0 Å². The molecule has 1 saturated heterocycles. The van der Waals surface area contributed by atoms with Crippen LogP contribution in [-0.2, 0) is 14.4 Å². The van der Waals surface area contributed by atoms with Crippen LogP contribution in [0.25, 0.3) is 0 Å². The van der Waals surface area contributed by atoms with E-state index in [1.165, 1.54) is 0 Å². The molecule has 5 nitrogen and oxygen atoms in total. The molecule has 5 heteroatoms. The molecule has 1 fully saturated rings. The topological polar surface area (TPSA) is 67.8 Å². The summed E-state index contributed by atoms with van der Waals surface area (Å²) in [5.74, 6) is -0.876. The van der Waals surface area contributed by atoms with E-state index in [2.05, 4.69) is 5.48 Å². The van der Waals surface area contributed by atoms with Crippen LogP contribution in [0.3, 0.4) is 0 Å². The van der Waals surface area contributed by atoms with Gasteiger partial charge in [0.2, 0.25) is 0 Å². The van der Waals surface area contributed by atoms with Crippen LogP contribution < -0.4 is 5.48 Å². The van der Waals surface area contributed by atoms with Crippen molar-refractivity contribution < 1.29 is 19.5 Å². The minimum Gasteiger partial charge on any atom is -0.479 e. The molecular weight excluding hydrogens is 174 g/mol. The highest BCUT2D eigenvalue weighted by molar-refractivity contribution is 5.72. The number of ether oxygens (including phenoxy) is 1. The number of aliphatic carboxylic acids is 1. The van der Waals surface area contributed by atoms with Crippen molar-refractivity contribution in [2.24, 2.45) is 0 Å². The molecule has 2 atom stereocenters. The van der Waals surface area contributed by atoms with Crippen molar-refractivity contribution in [2.75, 3.05) is 13.2 Å². The van der Waals surface area contributed by atoms with Gasteiger partial charge >= 0.3 is 5.97 Å². The van der Waals surface area contributed by atoms with Crippen molar-refractivity contribution in [1.82, 2.24) is 5.48 Å². The fraction of sp³-hybridized carbons (Fsp3) is 0.875. The third-order valence-electron chi connectivity index (χ3n) is 1.94. The maximum atomic E-state index is 10.5. The van der Waals surface area contributed by atoms with E-state index in [0.29, 0.717) is 19.6 Å². The number of carbonyl (C=O) groups is 1. The molecule has 0 spiro atoms. The SMILES string of the molecule is CCONCC1CCC(C(=O)O)O1. The number of hydrogen-bond acceptors (Lipinski definition) is 4. The number of nitrogens with one attached hydrogen (secondary N) is 1. The van der Waals surface area contributed by atoms with Crippen molar-refractivity contribution in [1.29, 1.82) is 0 Å². The zero-order valence-corrected chi connectivity index (χ0v) is 7.66. The molecule has 0 aromatic heterocycles. The summed E-state index contributed by atoms with van der Waals surface area (Å²) in [5.41, 5.74) is 2.72. The number of rotatable bonds is 5. The second kappa shape index (κ2) is 5.16. The van der Waals surface area contributed by atoms with Crippen molar-refractivity contribution in [2.45, 2.75) is 32.0 Å². The maximum Gasteiger partial charge on any atom is 0.332 e. The van der Waals surface area contributed by atoms with Gasteiger partial charge in [0.05, 0.1) is 12.7 Å². The lowest BCUT2D eigenvalue weighted by molar-refractivity contribution is -0.149. The van der Waals surface area contributed by atoms with E-state index in [0.717, 1.165) is 6.42 Å². The minimum absolute atomic E-state index is 0.0346. The smallest absolute Gasteiger partial charge is 0.332 e. The molecule has 13 heavy (non-hydrogen) atoms. The highest BCUT2D eigenvalue weighted by Gasteiger charge is 2.29. The summed E-state index contributed by atoms with van der Waals surface area (Å²) < 4.78 is 5.23. The largest absolute Gasteiger partial charge is 0.479 e. The van der Waals surface area contributed by atoms with E-state index < -0.39 is 12.1 Å². The summed E-state index contributed by atoms with van der Waals surface area (Å²) in [7, 11) is 0. The Kier molecular flexibility index (Phi) is 4.14. The lowest BCUT2D eigenvalue weighted by atomic mass is 10.2. The van der Waals surface area contributed by atoms with E-state index >= 15 is 0 Å². The quantitative estimate of drug-likeness (QED) is 0.476. The molecule has 0 amide bonds. The molecule has 0 aliphatic carbocycles. The predicted octanol–water partition coefficient (Wildman–Crippen LogP) is 0.160. The Labute approximate surface area is 77.0 Å². The fourth-order valence-electron chi connectivity index (χ4n) is 1.29. The number of carboxylic acids is 1. The van der Waals surface area contributed by atoms with Crippen molar-refractivity contribution in [3.05, 3.63) is 0 Å². The molecule has 2 N–H and O–H groups in total. The van der Waals surface area contributed by atoms with Crippen LogP contribution in [0.15, 0.2) is 0 Å². The summed E-state index contributed by atoms with van der Waals surface area (Å²) in [5, 5.41) is 8.63. The molecule has 0 radical (unpaired) electrons. The molecule has 1 aliphatic heterocycles. The third-order valence-corrected chi connectivity index (χ3v) is 1.94. The van der Waals surface area contributed by atoms with Gasteiger partial charge in [-0.2, -0.15) is 5.48 Å². The Morgan fingerprint density at radius 1 is 1.69 bits per heavy atom. The first-order valence-corrected chi connectivity index (χ1v) is 4.47. The molecule has 76 valence electrons. The van der Waals surface area contributed by atoms with E-state index in [4.69, 9.17) is 14.7 Å². The highest BCUT2D eigenvalue weighted by atomic mass is 16.6. The first-order valence-electron chi connectivity index (χ1n) is 4.47. The average molecular weight is 189 g/mol. The monoisotopic (exact) mass is 189 g/mol. The highest BCUT2D eigenvalue weighted by Crippen LogP contribution is 2.18. The molecule has 1 heterocycles. The zero-order chi connectivity index (χ0) is 9.68. The van der Waals surface area contributed by atoms with Crippen LogP contribution in [0.4, 0.5) is 0 Å². The molecule has 1 aliphatic rings. The van der Waals surface area contributed by atoms with Crippen LogP contribution in [0.5, 0.6) is 0 Å². The van der Waals surface area contributed by atoms with Gasteiger partial charge in [-0.25, -0.2) is 4.79 Å². The van der Waals surface area contributed by atoms with Gasteiger partial charge in [-0.3, -0.25) is 0 Å². The maximum absolute atomic E-state index is 10.5. The van der Waals surface area contributed by atoms with Crippen molar-refractivity contribution in [3.63, 3.8) is 0 Å². The van der Waals surface area contributed by atoms with Crippen LogP contribution in [-0.4, -0.2) is 36.4 Å². The van der Waals surface area contributed by atoms with E-state index in [1.807, 2.05) is 6.92 Å². The van der Waals surface area contributed by atoms with Crippen LogP contribution >= 0.6 is 0 Å². The summed E-state index contributed by atoms with van der Waals surface area (Å²) in [6, 6.07) is 0. The van der Waals surface area contributed by atoms with Crippen LogP contribution in [0.2, 0.25) is 0 Å². The summed E-state index contributed by atoms with van der Waals surface area (Å²) in [6.07, 6.45) is 0.700. The first kappa shape index (κ1) is 10.4. The Morgan fingerprint density at radius 2 is 2.46 bits per heavy atom. The second-order valence-corrected chi connectivity index (χ2v) is 2.94. The second-order valence-electron chi connectivity index (χ2n) is 2.94. The van der Waals surface area contributed by atoms with Gasteiger partial charge in [-0.05, 0) is 19.8 Å². The lowest BCUT2D eigenvalue weighted by Crippen LogP contribution is -2.29. The van der Waals surface area contributed by atoms with E-state index in [9.17, 15) is 4.79 Å². The fourth-order valence-corrected chi connectivity index (χ4v) is 1.29. The van der Waals surface area contributed by atoms with E-state index in [-0.39, 0.29) is 6.10 Å². The molecule has 1 rings (SSSR count). The molecule has 0 aromatic rings. The van der Waals surface area contributed by atoms with Crippen molar-refractivity contribution >= 4 is 5.97 Å². The van der Waals surface area contributed by atoms with Gasteiger partial charge in [0.15, 0.2) is 6.10 Å². The number of hydrogen-bond donors (Lipinski definition) is 2. The van der Waals surface area contributed by atoms with Gasteiger partial charge < -0.3 is 14.7 Å². The van der Waals surface area contributed by atoms with Crippen LogP contribution in [0.1, 0.15) is 19.8 Å². The number of carboxylic acid groups (broad SMARTS) is 1. The normalized spacial score (nSPS) is 27.8. The molecule has 2 unspecified atom stereocenters. The standard InChI is InChI=1S/C8H15NO4/c1-2-12-9-5-6-3-4-7(13-6)8(10)11/h6-7,9H,2-5H2,1H3,(H,10,11). The van der Waals surface area contributed by atoms with Gasteiger partial charge in [-0.15, -0.1) is 0 Å². The summed E-state index contributed by atoms with van der Waals surface area (Å²) in [6.45, 7) is 3.02. The molecule has 0 saturated carbocycles. The Bertz CT molecular complexity index is 174. The predicted molar refractivity (Wildman–Crippen MR) is 45.2 cm³/mol. The first-order chi connectivity index (χ1) is 6.24. The zero-order valence-electron chi connectivity index (χ0n) is 7.66. The third kappa shape index (κ3) is 3.30. The summed E-state index contributed by atoms with van der Waals surface area (Å²) in [4.78, 5) is 15.4. The van der Waals surface area contributed by atoms with Gasteiger partial charge in [0.1, 0.15) is 0 Å². The van der Waals surface area contributed by atoms with Gasteiger partial charge in [-0.1, -0.05) is 0 Å². The molecule has 0 aromatic carbocycles. The molecular formula is C8H15NO4. The molecule has 0 bridgehead atoms. The average Bonchev–Trinajstić information content (AvgIpc) is 2.53. The van der Waals surface area contributed by atoms with Crippen molar-refractivity contribution in [3.8, 4) is 0 Å². The summed E-state index contributed by atoms with van der Waals surface area (Å²) >= 11 is 0. The lowest BCUT2D eigenvalue weighted by Gasteiger charge is -2.11.